The molecule has 1 aromatic carbocycles. The van der Waals surface area contributed by atoms with Crippen LogP contribution >= 0.6 is 11.3 Å². The predicted molar refractivity (Wildman–Crippen MR) is 58.7 cm³/mol. The molecule has 2 N–H and O–H groups in total. The summed E-state index contributed by atoms with van der Waals surface area (Å²) in [5.74, 6) is -2.85. The Bertz CT molecular complexity index is 551. The van der Waals surface area contributed by atoms with Crippen LogP contribution in [0, 0.1) is 11.6 Å². The number of halogens is 2. The van der Waals surface area contributed by atoms with Crippen LogP contribution in [-0.4, -0.2) is 16.1 Å². The van der Waals surface area contributed by atoms with Gasteiger partial charge in [0.2, 0.25) is 0 Å². The number of anilines is 2. The highest BCUT2D eigenvalue weighted by molar-refractivity contribution is 7.14. The van der Waals surface area contributed by atoms with Gasteiger partial charge in [-0.05, 0) is 12.1 Å². The summed E-state index contributed by atoms with van der Waals surface area (Å²) in [5.41, 5.74) is 0.627. The van der Waals surface area contributed by atoms with Crippen LogP contribution in [0.4, 0.5) is 19.5 Å². The minimum absolute atomic E-state index is 0.0847. The van der Waals surface area contributed by atoms with Crippen LogP contribution in [0.2, 0.25) is 0 Å². The van der Waals surface area contributed by atoms with E-state index in [0.29, 0.717) is 0 Å². The number of thiazole rings is 1. The van der Waals surface area contributed by atoms with E-state index in [4.69, 9.17) is 5.11 Å². The van der Waals surface area contributed by atoms with Gasteiger partial charge in [0.15, 0.2) is 5.69 Å². The second-order valence-corrected chi connectivity index (χ2v) is 3.91. The minimum atomic E-state index is -1.26. The monoisotopic (exact) mass is 256 g/mol. The van der Waals surface area contributed by atoms with Crippen molar-refractivity contribution in [3.8, 4) is 0 Å². The molecule has 4 nitrogen and oxygen atoms in total. The standard InChI is InChI=1S/C10H6F2N2O2S/c11-5-2-1-3-6(12)7(5)14-9-8(10(15)16)13-4-17-9/h1-4,14H,(H,15,16). The van der Waals surface area contributed by atoms with Gasteiger partial charge < -0.3 is 10.4 Å². The molecular weight excluding hydrogens is 250 g/mol. The highest BCUT2D eigenvalue weighted by Crippen LogP contribution is 2.28. The van der Waals surface area contributed by atoms with Gasteiger partial charge >= 0.3 is 5.97 Å². The molecule has 2 aromatic rings. The summed E-state index contributed by atoms with van der Waals surface area (Å²) in [6.45, 7) is 0. The summed E-state index contributed by atoms with van der Waals surface area (Å²) in [5, 5.41) is 11.3. The molecular formula is C10H6F2N2O2S. The summed E-state index contributed by atoms with van der Waals surface area (Å²) >= 11 is 0.954. The molecule has 0 aliphatic carbocycles. The number of nitrogens with one attached hydrogen (secondary N) is 1. The van der Waals surface area contributed by atoms with Gasteiger partial charge in [-0.1, -0.05) is 6.07 Å². The molecule has 0 bridgehead atoms. The van der Waals surface area contributed by atoms with E-state index in [9.17, 15) is 13.6 Å². The number of aromatic carboxylic acids is 1. The summed E-state index contributed by atoms with van der Waals surface area (Å²) in [4.78, 5) is 14.3. The maximum absolute atomic E-state index is 13.3. The number of carboxylic acid groups (broad SMARTS) is 1. The van der Waals surface area contributed by atoms with Crippen LogP contribution in [-0.2, 0) is 0 Å². The first-order chi connectivity index (χ1) is 8.09. The number of rotatable bonds is 3. The van der Waals surface area contributed by atoms with Crippen molar-refractivity contribution in [2.75, 3.05) is 5.32 Å². The average molecular weight is 256 g/mol. The first-order valence-electron chi connectivity index (χ1n) is 4.47. The SMILES string of the molecule is O=C(O)c1ncsc1Nc1c(F)cccc1F. The molecule has 0 amide bonds. The van der Waals surface area contributed by atoms with Crippen LogP contribution in [0.1, 0.15) is 10.5 Å². The Morgan fingerprint density at radius 1 is 1.35 bits per heavy atom. The first-order valence-corrected chi connectivity index (χ1v) is 5.35. The number of aromatic nitrogens is 1. The van der Waals surface area contributed by atoms with E-state index >= 15 is 0 Å². The number of para-hydroxylation sites is 1. The summed E-state index contributed by atoms with van der Waals surface area (Å²) in [6.07, 6.45) is 0. The van der Waals surface area contributed by atoms with Crippen LogP contribution in [0.15, 0.2) is 23.7 Å². The molecule has 0 unspecified atom stereocenters. The van der Waals surface area contributed by atoms with Crippen molar-refractivity contribution in [3.63, 3.8) is 0 Å². The molecule has 7 heteroatoms. The molecule has 0 saturated heterocycles. The smallest absolute Gasteiger partial charge is 0.357 e. The predicted octanol–water partition coefficient (Wildman–Crippen LogP) is 2.86. The van der Waals surface area contributed by atoms with Crippen LogP contribution in [0.5, 0.6) is 0 Å². The van der Waals surface area contributed by atoms with Gasteiger partial charge in [0.25, 0.3) is 0 Å². The van der Waals surface area contributed by atoms with Crippen molar-refractivity contribution in [3.05, 3.63) is 41.0 Å². The van der Waals surface area contributed by atoms with E-state index in [0.717, 1.165) is 23.5 Å². The molecule has 0 atom stereocenters. The highest BCUT2D eigenvalue weighted by Gasteiger charge is 2.16. The van der Waals surface area contributed by atoms with Crippen molar-refractivity contribution in [1.82, 2.24) is 4.98 Å². The van der Waals surface area contributed by atoms with E-state index < -0.39 is 17.6 Å². The summed E-state index contributed by atoms with van der Waals surface area (Å²) in [7, 11) is 0. The normalized spacial score (nSPS) is 10.2. The average Bonchev–Trinajstić information content (AvgIpc) is 2.72. The topological polar surface area (TPSA) is 62.2 Å². The fraction of sp³-hybridized carbons (Fsp3) is 0. The second kappa shape index (κ2) is 4.46. The van der Waals surface area contributed by atoms with Crippen molar-refractivity contribution < 1.29 is 18.7 Å². The molecule has 17 heavy (non-hydrogen) atoms. The molecule has 0 radical (unpaired) electrons. The molecule has 1 aromatic heterocycles. The van der Waals surface area contributed by atoms with E-state index in [1.807, 2.05) is 0 Å². The van der Waals surface area contributed by atoms with E-state index in [1.54, 1.807) is 0 Å². The molecule has 0 saturated carbocycles. The van der Waals surface area contributed by atoms with Gasteiger partial charge in [0.05, 0.1) is 5.51 Å². The van der Waals surface area contributed by atoms with Gasteiger partial charge in [-0.2, -0.15) is 0 Å². The summed E-state index contributed by atoms with van der Waals surface area (Å²) in [6, 6.07) is 3.38. The van der Waals surface area contributed by atoms with Gasteiger partial charge in [0, 0.05) is 0 Å². The van der Waals surface area contributed by atoms with Crippen molar-refractivity contribution in [1.29, 1.82) is 0 Å². The van der Waals surface area contributed by atoms with Crippen molar-refractivity contribution >= 4 is 28.0 Å². The van der Waals surface area contributed by atoms with E-state index in [-0.39, 0.29) is 16.4 Å². The largest absolute Gasteiger partial charge is 0.476 e. The van der Waals surface area contributed by atoms with Crippen molar-refractivity contribution in [2.45, 2.75) is 0 Å². The quantitative estimate of drug-likeness (QED) is 0.886. The molecule has 0 spiro atoms. The van der Waals surface area contributed by atoms with E-state index in [2.05, 4.69) is 10.3 Å². The maximum atomic E-state index is 13.3. The van der Waals surface area contributed by atoms with Crippen LogP contribution < -0.4 is 5.32 Å². The van der Waals surface area contributed by atoms with Crippen LogP contribution in [0.3, 0.4) is 0 Å². The van der Waals surface area contributed by atoms with Crippen molar-refractivity contribution in [2.24, 2.45) is 0 Å². The zero-order valence-electron chi connectivity index (χ0n) is 8.28. The summed E-state index contributed by atoms with van der Waals surface area (Å²) < 4.78 is 26.6. The second-order valence-electron chi connectivity index (χ2n) is 3.06. The number of hydrogen-bond donors (Lipinski definition) is 2. The molecule has 0 fully saturated rings. The third kappa shape index (κ3) is 2.23. The molecule has 0 aliphatic rings. The lowest BCUT2D eigenvalue weighted by Gasteiger charge is -2.06. The zero-order chi connectivity index (χ0) is 12.4. The number of benzene rings is 1. The number of nitrogens with zero attached hydrogens (tertiary/aromatic N) is 1. The van der Waals surface area contributed by atoms with Gasteiger partial charge in [-0.3, -0.25) is 0 Å². The molecule has 1 heterocycles. The van der Waals surface area contributed by atoms with Gasteiger partial charge in [-0.25, -0.2) is 18.6 Å². The lowest BCUT2D eigenvalue weighted by Crippen LogP contribution is -2.03. The number of hydrogen-bond acceptors (Lipinski definition) is 4. The minimum Gasteiger partial charge on any atom is -0.476 e. The Morgan fingerprint density at radius 3 is 2.59 bits per heavy atom. The Labute approximate surface area is 98.6 Å². The molecule has 2 rings (SSSR count). The van der Waals surface area contributed by atoms with Gasteiger partial charge in [0.1, 0.15) is 22.3 Å². The Balaban J connectivity index is 2.38. The Morgan fingerprint density at radius 2 is 2.00 bits per heavy atom. The highest BCUT2D eigenvalue weighted by atomic mass is 32.1. The van der Waals surface area contributed by atoms with Gasteiger partial charge in [-0.15, -0.1) is 11.3 Å². The fourth-order valence-corrected chi connectivity index (χ4v) is 1.89. The molecule has 88 valence electrons. The Kier molecular flexibility index (Phi) is 3.01. The molecule has 0 aliphatic heterocycles. The number of carbonyl (C=O) groups is 1. The zero-order valence-corrected chi connectivity index (χ0v) is 9.09. The fourth-order valence-electron chi connectivity index (χ4n) is 1.22. The lowest BCUT2D eigenvalue weighted by molar-refractivity contribution is 0.0692. The Hall–Kier alpha value is -2.02. The lowest BCUT2D eigenvalue weighted by atomic mass is 10.3. The third-order valence-corrected chi connectivity index (χ3v) is 2.71. The first kappa shape index (κ1) is 11.5. The third-order valence-electron chi connectivity index (χ3n) is 1.97. The number of carboxylic acids is 1. The van der Waals surface area contributed by atoms with E-state index in [1.165, 1.54) is 11.6 Å². The van der Waals surface area contributed by atoms with Crippen LogP contribution in [0.25, 0.3) is 0 Å². The maximum Gasteiger partial charge on any atom is 0.357 e.